The molecule has 1 aromatic heterocycles. The SMILES string of the molecule is CNC(c1ccc(Cl)c(OC)c1)c1ccn(C)n1. The fourth-order valence-electron chi connectivity index (χ4n) is 1.93. The molecule has 0 amide bonds. The van der Waals surface area contributed by atoms with Crippen molar-refractivity contribution in [2.45, 2.75) is 6.04 Å². The molecule has 0 saturated carbocycles. The topological polar surface area (TPSA) is 39.1 Å². The van der Waals surface area contributed by atoms with E-state index in [1.807, 2.05) is 44.6 Å². The zero-order valence-electron chi connectivity index (χ0n) is 10.6. The number of aromatic nitrogens is 2. The van der Waals surface area contributed by atoms with Crippen LogP contribution in [0.1, 0.15) is 17.3 Å². The first-order valence-corrected chi connectivity index (χ1v) is 6.03. The van der Waals surface area contributed by atoms with E-state index >= 15 is 0 Å². The third-order valence-corrected chi connectivity index (χ3v) is 3.14. The molecule has 1 N–H and O–H groups in total. The summed E-state index contributed by atoms with van der Waals surface area (Å²) in [7, 11) is 5.42. The minimum atomic E-state index is 0.0253. The third-order valence-electron chi connectivity index (χ3n) is 2.83. The predicted octanol–water partition coefficient (Wildman–Crippen LogP) is 2.39. The van der Waals surface area contributed by atoms with Gasteiger partial charge in [-0.15, -0.1) is 0 Å². The van der Waals surface area contributed by atoms with Crippen LogP contribution in [0.15, 0.2) is 30.5 Å². The Hall–Kier alpha value is -1.52. The van der Waals surface area contributed by atoms with Crippen molar-refractivity contribution >= 4 is 11.6 Å². The maximum absolute atomic E-state index is 6.03. The van der Waals surface area contributed by atoms with Crippen molar-refractivity contribution in [1.82, 2.24) is 15.1 Å². The van der Waals surface area contributed by atoms with Crippen LogP contribution in [0.4, 0.5) is 0 Å². The highest BCUT2D eigenvalue weighted by atomic mass is 35.5. The number of ether oxygens (including phenoxy) is 1. The van der Waals surface area contributed by atoms with Gasteiger partial charge in [0, 0.05) is 13.2 Å². The van der Waals surface area contributed by atoms with Gasteiger partial charge in [0.15, 0.2) is 0 Å². The third kappa shape index (κ3) is 2.49. The van der Waals surface area contributed by atoms with Crippen molar-refractivity contribution in [3.05, 3.63) is 46.7 Å². The maximum Gasteiger partial charge on any atom is 0.137 e. The summed E-state index contributed by atoms with van der Waals surface area (Å²) in [5.41, 5.74) is 2.03. The monoisotopic (exact) mass is 265 g/mol. The molecule has 2 aromatic rings. The number of methoxy groups -OCH3 is 1. The van der Waals surface area contributed by atoms with Gasteiger partial charge < -0.3 is 10.1 Å². The molecular formula is C13H16ClN3O. The Morgan fingerprint density at radius 1 is 1.39 bits per heavy atom. The van der Waals surface area contributed by atoms with Crippen LogP contribution in [-0.4, -0.2) is 23.9 Å². The summed E-state index contributed by atoms with van der Waals surface area (Å²) in [4.78, 5) is 0. The summed E-state index contributed by atoms with van der Waals surface area (Å²) < 4.78 is 7.02. The van der Waals surface area contributed by atoms with E-state index in [1.165, 1.54) is 0 Å². The van der Waals surface area contributed by atoms with Crippen LogP contribution in [0.2, 0.25) is 5.02 Å². The summed E-state index contributed by atoms with van der Waals surface area (Å²) >= 11 is 6.03. The second-order valence-corrected chi connectivity index (χ2v) is 4.44. The van der Waals surface area contributed by atoms with Crippen LogP contribution in [-0.2, 0) is 7.05 Å². The summed E-state index contributed by atoms with van der Waals surface area (Å²) in [5.74, 6) is 0.672. The van der Waals surface area contributed by atoms with Gasteiger partial charge in [-0.25, -0.2) is 0 Å². The molecule has 0 aliphatic rings. The zero-order chi connectivity index (χ0) is 13.1. The molecule has 2 rings (SSSR count). The normalized spacial score (nSPS) is 12.4. The second-order valence-electron chi connectivity index (χ2n) is 4.03. The van der Waals surface area contributed by atoms with Gasteiger partial charge in [0.05, 0.1) is 23.9 Å². The summed E-state index contributed by atoms with van der Waals surface area (Å²) in [5, 5.41) is 8.27. The second kappa shape index (κ2) is 5.42. The minimum Gasteiger partial charge on any atom is -0.495 e. The van der Waals surface area contributed by atoms with E-state index in [1.54, 1.807) is 11.8 Å². The lowest BCUT2D eigenvalue weighted by Crippen LogP contribution is -2.18. The van der Waals surface area contributed by atoms with Gasteiger partial charge in [-0.1, -0.05) is 17.7 Å². The smallest absolute Gasteiger partial charge is 0.137 e. The van der Waals surface area contributed by atoms with Gasteiger partial charge in [0.25, 0.3) is 0 Å². The number of rotatable bonds is 4. The number of nitrogens with zero attached hydrogens (tertiary/aromatic N) is 2. The first kappa shape index (κ1) is 12.9. The van der Waals surface area contributed by atoms with E-state index in [0.29, 0.717) is 10.8 Å². The Bertz CT molecular complexity index is 539. The Balaban J connectivity index is 2.38. The van der Waals surface area contributed by atoms with Crippen LogP contribution in [0.25, 0.3) is 0 Å². The van der Waals surface area contributed by atoms with Gasteiger partial charge in [-0.3, -0.25) is 4.68 Å². The molecule has 0 spiro atoms. The van der Waals surface area contributed by atoms with Crippen LogP contribution < -0.4 is 10.1 Å². The van der Waals surface area contributed by atoms with Crippen LogP contribution in [0, 0.1) is 0 Å². The molecular weight excluding hydrogens is 250 g/mol. The van der Waals surface area contributed by atoms with Gasteiger partial charge in [0.2, 0.25) is 0 Å². The lowest BCUT2D eigenvalue weighted by molar-refractivity contribution is 0.414. The molecule has 0 fully saturated rings. The van der Waals surface area contributed by atoms with E-state index in [4.69, 9.17) is 16.3 Å². The highest BCUT2D eigenvalue weighted by Crippen LogP contribution is 2.29. The largest absolute Gasteiger partial charge is 0.495 e. The van der Waals surface area contributed by atoms with Crippen molar-refractivity contribution in [3.8, 4) is 5.75 Å². The molecule has 4 nitrogen and oxygen atoms in total. The van der Waals surface area contributed by atoms with E-state index in [2.05, 4.69) is 10.4 Å². The quantitative estimate of drug-likeness (QED) is 0.923. The Morgan fingerprint density at radius 2 is 2.17 bits per heavy atom. The first-order valence-electron chi connectivity index (χ1n) is 5.66. The van der Waals surface area contributed by atoms with Crippen molar-refractivity contribution < 1.29 is 4.74 Å². The van der Waals surface area contributed by atoms with Crippen LogP contribution in [0.3, 0.4) is 0 Å². The average Bonchev–Trinajstić information content (AvgIpc) is 2.79. The average molecular weight is 266 g/mol. The van der Waals surface area contributed by atoms with Crippen molar-refractivity contribution in [3.63, 3.8) is 0 Å². The van der Waals surface area contributed by atoms with E-state index in [0.717, 1.165) is 11.3 Å². The molecule has 1 atom stereocenters. The van der Waals surface area contributed by atoms with Crippen LogP contribution in [0.5, 0.6) is 5.75 Å². The molecule has 1 aromatic carbocycles. The first-order chi connectivity index (χ1) is 8.65. The maximum atomic E-state index is 6.03. The highest BCUT2D eigenvalue weighted by Gasteiger charge is 2.16. The standard InChI is InChI=1S/C13H16ClN3O/c1-15-13(11-6-7-17(2)16-11)9-4-5-10(14)12(8-9)18-3/h4-8,13,15H,1-3H3. The summed E-state index contributed by atoms with van der Waals surface area (Å²) in [6, 6.07) is 7.75. The molecule has 0 radical (unpaired) electrons. The fourth-order valence-corrected chi connectivity index (χ4v) is 2.12. The molecule has 1 heterocycles. The van der Waals surface area contributed by atoms with E-state index in [-0.39, 0.29) is 6.04 Å². The number of halogens is 1. The minimum absolute atomic E-state index is 0.0253. The highest BCUT2D eigenvalue weighted by molar-refractivity contribution is 6.32. The predicted molar refractivity (Wildman–Crippen MR) is 72.1 cm³/mol. The lowest BCUT2D eigenvalue weighted by Gasteiger charge is -2.15. The molecule has 0 aliphatic carbocycles. The number of aryl methyl sites for hydroxylation is 1. The fraction of sp³-hybridized carbons (Fsp3) is 0.308. The Labute approximate surface area is 112 Å². The zero-order valence-corrected chi connectivity index (χ0v) is 11.4. The summed E-state index contributed by atoms with van der Waals surface area (Å²) in [6.07, 6.45) is 1.92. The van der Waals surface area contributed by atoms with Gasteiger partial charge in [0.1, 0.15) is 5.75 Å². The Kier molecular flexibility index (Phi) is 3.89. The van der Waals surface area contributed by atoms with Crippen molar-refractivity contribution in [2.75, 3.05) is 14.2 Å². The van der Waals surface area contributed by atoms with Gasteiger partial charge >= 0.3 is 0 Å². The van der Waals surface area contributed by atoms with E-state index < -0.39 is 0 Å². The Morgan fingerprint density at radius 3 is 2.72 bits per heavy atom. The van der Waals surface area contributed by atoms with Crippen LogP contribution >= 0.6 is 11.6 Å². The molecule has 0 bridgehead atoms. The molecule has 0 aliphatic heterocycles. The molecule has 18 heavy (non-hydrogen) atoms. The van der Waals surface area contributed by atoms with Crippen molar-refractivity contribution in [2.24, 2.45) is 7.05 Å². The molecule has 5 heteroatoms. The van der Waals surface area contributed by atoms with Crippen molar-refractivity contribution in [1.29, 1.82) is 0 Å². The molecule has 0 saturated heterocycles. The van der Waals surface area contributed by atoms with Gasteiger partial charge in [-0.2, -0.15) is 5.10 Å². The summed E-state index contributed by atoms with van der Waals surface area (Å²) in [6.45, 7) is 0. The van der Waals surface area contributed by atoms with Gasteiger partial charge in [-0.05, 0) is 30.8 Å². The molecule has 1 unspecified atom stereocenters. The van der Waals surface area contributed by atoms with E-state index in [9.17, 15) is 0 Å². The molecule has 96 valence electrons. The lowest BCUT2D eigenvalue weighted by atomic mass is 10.0. The number of benzene rings is 1. The number of hydrogen-bond donors (Lipinski definition) is 1. The number of hydrogen-bond acceptors (Lipinski definition) is 3. The number of nitrogens with one attached hydrogen (secondary N) is 1.